The number of nitrogens with one attached hydrogen (secondary N) is 1. The molecular formula is C20H26N4O4S. The summed E-state index contributed by atoms with van der Waals surface area (Å²) >= 11 is 0. The number of aromatic nitrogens is 1. The lowest BCUT2D eigenvalue weighted by Crippen LogP contribution is -2.36. The summed E-state index contributed by atoms with van der Waals surface area (Å²) in [4.78, 5) is 26.4. The van der Waals surface area contributed by atoms with Gasteiger partial charge >= 0.3 is 0 Å². The fraction of sp³-hybridized carbons (Fsp3) is 0.400. The van der Waals surface area contributed by atoms with E-state index in [4.69, 9.17) is 0 Å². The summed E-state index contributed by atoms with van der Waals surface area (Å²) in [6.45, 7) is 0.854. The number of benzene rings is 1. The van der Waals surface area contributed by atoms with Gasteiger partial charge in [0.15, 0.2) is 0 Å². The number of sulfonamides is 1. The largest absolute Gasteiger partial charge is 0.345 e. The van der Waals surface area contributed by atoms with Crippen LogP contribution in [0.5, 0.6) is 0 Å². The number of carbonyl (C=O) groups excluding carboxylic acids is 2. The molecule has 0 atom stereocenters. The second-order valence-electron chi connectivity index (χ2n) is 7.21. The Labute approximate surface area is 171 Å². The highest BCUT2D eigenvalue weighted by Crippen LogP contribution is 2.22. The first-order valence-electron chi connectivity index (χ1n) is 9.56. The molecule has 0 spiro atoms. The van der Waals surface area contributed by atoms with E-state index in [1.165, 1.54) is 33.1 Å². The van der Waals surface area contributed by atoms with E-state index < -0.39 is 15.9 Å². The smallest absolute Gasteiger partial charge is 0.270 e. The van der Waals surface area contributed by atoms with Crippen LogP contribution in [-0.2, 0) is 21.9 Å². The van der Waals surface area contributed by atoms with E-state index >= 15 is 0 Å². The number of nitrogens with zero attached hydrogens (tertiary/aromatic N) is 3. The standard InChI is InChI=1S/C20H26N4O4S/c1-22-14-17(29(27,28)24-11-7-4-8-12-24)13-18(22)20(26)23(2)15-19(25)21-16-9-5-3-6-10-16/h3,5-6,9-10,13-14H,4,7-8,11-12,15H2,1-2H3,(H,21,25). The summed E-state index contributed by atoms with van der Waals surface area (Å²) in [6.07, 6.45) is 4.17. The Morgan fingerprint density at radius 2 is 1.76 bits per heavy atom. The Balaban J connectivity index is 1.70. The molecule has 2 amide bonds. The van der Waals surface area contributed by atoms with Gasteiger partial charge < -0.3 is 14.8 Å². The van der Waals surface area contributed by atoms with Crippen LogP contribution in [0.15, 0.2) is 47.5 Å². The first-order chi connectivity index (χ1) is 13.8. The Hall–Kier alpha value is -2.65. The molecule has 0 aliphatic carbocycles. The number of rotatable bonds is 6. The molecule has 1 aliphatic heterocycles. The second kappa shape index (κ2) is 8.79. The maximum atomic E-state index is 12.8. The fourth-order valence-corrected chi connectivity index (χ4v) is 4.94. The summed E-state index contributed by atoms with van der Waals surface area (Å²) in [5.41, 5.74) is 0.864. The summed E-state index contributed by atoms with van der Waals surface area (Å²) in [6, 6.07) is 10.4. The molecule has 1 aromatic carbocycles. The molecule has 1 fully saturated rings. The first-order valence-corrected chi connectivity index (χ1v) is 11.0. The topological polar surface area (TPSA) is 91.7 Å². The second-order valence-corrected chi connectivity index (χ2v) is 9.15. The van der Waals surface area contributed by atoms with E-state index in [9.17, 15) is 18.0 Å². The highest BCUT2D eigenvalue weighted by atomic mass is 32.2. The Bertz CT molecular complexity index is 979. The van der Waals surface area contributed by atoms with E-state index in [0.717, 1.165) is 19.3 Å². The molecule has 29 heavy (non-hydrogen) atoms. The van der Waals surface area contributed by atoms with E-state index in [2.05, 4.69) is 5.32 Å². The first kappa shape index (κ1) is 21.1. The predicted octanol–water partition coefficient (Wildman–Crippen LogP) is 1.91. The van der Waals surface area contributed by atoms with Crippen molar-refractivity contribution in [3.05, 3.63) is 48.3 Å². The van der Waals surface area contributed by atoms with Crippen LogP contribution < -0.4 is 5.32 Å². The Kier molecular flexibility index (Phi) is 6.39. The summed E-state index contributed by atoms with van der Waals surface area (Å²) in [5.74, 6) is -0.752. The molecule has 156 valence electrons. The van der Waals surface area contributed by atoms with Gasteiger partial charge in [0.25, 0.3) is 5.91 Å². The number of para-hydroxylation sites is 1. The van der Waals surface area contributed by atoms with Crippen LogP contribution in [0.4, 0.5) is 5.69 Å². The molecule has 0 unspecified atom stereocenters. The van der Waals surface area contributed by atoms with Crippen molar-refractivity contribution in [2.75, 3.05) is 32.0 Å². The maximum Gasteiger partial charge on any atom is 0.270 e. The molecule has 0 saturated carbocycles. The zero-order chi connectivity index (χ0) is 21.0. The minimum Gasteiger partial charge on any atom is -0.345 e. The summed E-state index contributed by atoms with van der Waals surface area (Å²) in [5, 5.41) is 2.72. The van der Waals surface area contributed by atoms with Crippen molar-refractivity contribution < 1.29 is 18.0 Å². The minimum atomic E-state index is -3.62. The van der Waals surface area contributed by atoms with Gasteiger partial charge in [0.2, 0.25) is 15.9 Å². The number of hydrogen-bond donors (Lipinski definition) is 1. The molecule has 9 heteroatoms. The summed E-state index contributed by atoms with van der Waals surface area (Å²) < 4.78 is 28.7. The third-order valence-corrected chi connectivity index (χ3v) is 6.80. The molecule has 1 saturated heterocycles. The van der Waals surface area contributed by atoms with Gasteiger partial charge in [-0.3, -0.25) is 9.59 Å². The minimum absolute atomic E-state index is 0.104. The fourth-order valence-electron chi connectivity index (χ4n) is 3.35. The molecule has 0 radical (unpaired) electrons. The molecule has 2 aromatic rings. The molecule has 1 N–H and O–H groups in total. The Morgan fingerprint density at radius 3 is 2.41 bits per heavy atom. The molecule has 8 nitrogen and oxygen atoms in total. The van der Waals surface area contributed by atoms with Crippen LogP contribution in [0.2, 0.25) is 0 Å². The van der Waals surface area contributed by atoms with Crippen molar-refractivity contribution in [1.82, 2.24) is 13.8 Å². The van der Waals surface area contributed by atoms with Crippen LogP contribution in [0, 0.1) is 0 Å². The van der Waals surface area contributed by atoms with Gasteiger partial charge in [-0.2, -0.15) is 4.31 Å². The number of likely N-dealkylation sites (N-methyl/N-ethyl adjacent to an activating group) is 1. The Morgan fingerprint density at radius 1 is 1.10 bits per heavy atom. The van der Waals surface area contributed by atoms with Crippen molar-refractivity contribution >= 4 is 27.5 Å². The van der Waals surface area contributed by atoms with Crippen molar-refractivity contribution in [2.24, 2.45) is 7.05 Å². The van der Waals surface area contributed by atoms with Crippen molar-refractivity contribution in [1.29, 1.82) is 0 Å². The van der Waals surface area contributed by atoms with Crippen LogP contribution in [-0.4, -0.2) is 60.7 Å². The number of anilines is 1. The van der Waals surface area contributed by atoms with Gasteiger partial charge in [-0.25, -0.2) is 8.42 Å². The maximum absolute atomic E-state index is 12.8. The van der Waals surface area contributed by atoms with Crippen molar-refractivity contribution in [3.63, 3.8) is 0 Å². The van der Waals surface area contributed by atoms with E-state index in [-0.39, 0.29) is 23.0 Å². The molecule has 1 aliphatic rings. The number of hydrogen-bond acceptors (Lipinski definition) is 4. The highest BCUT2D eigenvalue weighted by Gasteiger charge is 2.29. The highest BCUT2D eigenvalue weighted by molar-refractivity contribution is 7.89. The number of piperidine rings is 1. The zero-order valence-electron chi connectivity index (χ0n) is 16.7. The molecule has 0 bridgehead atoms. The van der Waals surface area contributed by atoms with Crippen LogP contribution >= 0.6 is 0 Å². The number of amides is 2. The van der Waals surface area contributed by atoms with E-state index in [1.807, 2.05) is 6.07 Å². The summed E-state index contributed by atoms with van der Waals surface area (Å²) in [7, 11) is -0.486. The molecule has 2 heterocycles. The van der Waals surface area contributed by atoms with E-state index in [0.29, 0.717) is 18.8 Å². The molecule has 1 aromatic heterocycles. The molecule has 3 rings (SSSR count). The van der Waals surface area contributed by atoms with Gasteiger partial charge in [0.05, 0.1) is 6.54 Å². The van der Waals surface area contributed by atoms with Crippen LogP contribution in [0.1, 0.15) is 29.8 Å². The third kappa shape index (κ3) is 4.86. The van der Waals surface area contributed by atoms with Gasteiger partial charge in [-0.15, -0.1) is 0 Å². The lowest BCUT2D eigenvalue weighted by molar-refractivity contribution is -0.116. The zero-order valence-corrected chi connectivity index (χ0v) is 17.5. The normalized spacial score (nSPS) is 15.1. The van der Waals surface area contributed by atoms with Crippen LogP contribution in [0.3, 0.4) is 0 Å². The van der Waals surface area contributed by atoms with Crippen molar-refractivity contribution in [2.45, 2.75) is 24.2 Å². The van der Waals surface area contributed by atoms with Crippen LogP contribution in [0.25, 0.3) is 0 Å². The lowest BCUT2D eigenvalue weighted by atomic mass is 10.2. The SMILES string of the molecule is CN(CC(=O)Nc1ccccc1)C(=O)c1cc(S(=O)(=O)N2CCCCC2)cn1C. The quantitative estimate of drug-likeness (QED) is 0.776. The molecular weight excluding hydrogens is 392 g/mol. The monoisotopic (exact) mass is 418 g/mol. The van der Waals surface area contributed by atoms with E-state index in [1.54, 1.807) is 31.3 Å². The third-order valence-electron chi connectivity index (χ3n) is 4.94. The van der Waals surface area contributed by atoms with Crippen molar-refractivity contribution in [3.8, 4) is 0 Å². The van der Waals surface area contributed by atoms with Gasteiger partial charge in [-0.1, -0.05) is 24.6 Å². The average Bonchev–Trinajstić information content (AvgIpc) is 3.11. The number of aryl methyl sites for hydroxylation is 1. The van der Waals surface area contributed by atoms with Gasteiger partial charge in [0, 0.05) is 39.1 Å². The lowest BCUT2D eigenvalue weighted by Gasteiger charge is -2.25. The predicted molar refractivity (Wildman–Crippen MR) is 110 cm³/mol. The average molecular weight is 419 g/mol. The number of carbonyl (C=O) groups is 2. The van der Waals surface area contributed by atoms with Gasteiger partial charge in [0.1, 0.15) is 10.6 Å². The van der Waals surface area contributed by atoms with Gasteiger partial charge in [-0.05, 0) is 31.0 Å².